The molecule has 12 nitrogen and oxygen atoms in total. The lowest BCUT2D eigenvalue weighted by Crippen LogP contribution is -2.22. The summed E-state index contributed by atoms with van der Waals surface area (Å²) in [4.78, 5) is 57.7. The summed E-state index contributed by atoms with van der Waals surface area (Å²) >= 11 is 12.1. The molecule has 2 rings (SSSR count). The molecular weight excluding hydrogens is 653 g/mol. The molecular formula is C28H32N2O10S4. The molecule has 44 heavy (non-hydrogen) atoms. The van der Waals surface area contributed by atoms with Crippen LogP contribution in [0.5, 0.6) is 0 Å². The van der Waals surface area contributed by atoms with E-state index < -0.39 is 34.4 Å². The van der Waals surface area contributed by atoms with Crippen molar-refractivity contribution in [1.82, 2.24) is 9.97 Å². The maximum atomic E-state index is 12.5. The van der Waals surface area contributed by atoms with Crippen LogP contribution >= 0.6 is 48.0 Å². The standard InChI is InChI=1S/C28H32N2O10S4/c1-5-35-27(41)43-17(3)23(31)37-11-13-39-25(33)19-7-9-29-21(15-19)22-16-20(8-10-30-22)26(34)40-14-12-38-24(32)18(4)44-28(42)36-6-2/h7-10,15-18H,5-6,11-14H2,1-4H3. The molecule has 0 aliphatic carbocycles. The van der Waals surface area contributed by atoms with Crippen LogP contribution < -0.4 is 0 Å². The van der Waals surface area contributed by atoms with Gasteiger partial charge in [-0.05, 0) is 76.4 Å². The van der Waals surface area contributed by atoms with Gasteiger partial charge >= 0.3 is 23.9 Å². The summed E-state index contributed by atoms with van der Waals surface area (Å²) in [5.74, 6) is -2.36. The lowest BCUT2D eigenvalue weighted by molar-refractivity contribution is -0.144. The summed E-state index contributed by atoms with van der Waals surface area (Å²) < 4.78 is 31.4. The number of aromatic nitrogens is 2. The van der Waals surface area contributed by atoms with Gasteiger partial charge in [-0.25, -0.2) is 9.59 Å². The minimum atomic E-state index is -0.665. The van der Waals surface area contributed by atoms with Crippen LogP contribution in [0.4, 0.5) is 0 Å². The first kappa shape index (κ1) is 36.8. The molecule has 2 unspecified atom stereocenters. The molecule has 0 fully saturated rings. The molecule has 0 N–H and O–H groups in total. The molecule has 16 heteroatoms. The van der Waals surface area contributed by atoms with Gasteiger partial charge in [-0.2, -0.15) is 0 Å². The van der Waals surface area contributed by atoms with Crippen molar-refractivity contribution in [2.24, 2.45) is 0 Å². The van der Waals surface area contributed by atoms with Gasteiger partial charge in [0.15, 0.2) is 0 Å². The van der Waals surface area contributed by atoms with Crippen LogP contribution in [0.15, 0.2) is 36.7 Å². The van der Waals surface area contributed by atoms with E-state index in [2.05, 4.69) is 9.97 Å². The number of thioether (sulfide) groups is 2. The zero-order chi connectivity index (χ0) is 32.5. The van der Waals surface area contributed by atoms with E-state index in [0.717, 1.165) is 23.5 Å². The summed E-state index contributed by atoms with van der Waals surface area (Å²) in [7, 11) is 0. The first-order valence-corrected chi connectivity index (χ1v) is 15.9. The number of carbonyl (C=O) groups excluding carboxylic acids is 4. The second-order valence-corrected chi connectivity index (χ2v) is 12.2. The van der Waals surface area contributed by atoms with Gasteiger partial charge in [0.1, 0.15) is 36.9 Å². The van der Waals surface area contributed by atoms with Crippen LogP contribution in [-0.4, -0.2) is 92.8 Å². The first-order chi connectivity index (χ1) is 21.0. The van der Waals surface area contributed by atoms with Crippen molar-refractivity contribution >= 4 is 80.6 Å². The Bertz CT molecular complexity index is 1230. The average molecular weight is 685 g/mol. The van der Waals surface area contributed by atoms with E-state index in [1.54, 1.807) is 27.7 Å². The zero-order valence-electron chi connectivity index (χ0n) is 24.5. The number of ether oxygens (including phenoxy) is 6. The molecule has 2 heterocycles. The third kappa shape index (κ3) is 13.1. The fourth-order valence-corrected chi connectivity index (χ4v) is 5.42. The van der Waals surface area contributed by atoms with E-state index >= 15 is 0 Å². The van der Waals surface area contributed by atoms with Gasteiger partial charge in [-0.15, -0.1) is 0 Å². The Labute approximate surface area is 274 Å². The van der Waals surface area contributed by atoms with Crippen molar-refractivity contribution < 1.29 is 47.6 Å². The van der Waals surface area contributed by atoms with Gasteiger partial charge in [0.25, 0.3) is 0 Å². The minimum Gasteiger partial charge on any atom is -0.479 e. The summed E-state index contributed by atoms with van der Waals surface area (Å²) in [5, 5.41) is -1.15. The normalized spacial score (nSPS) is 11.8. The molecule has 0 amide bonds. The van der Waals surface area contributed by atoms with E-state index in [4.69, 9.17) is 52.9 Å². The van der Waals surface area contributed by atoms with Crippen LogP contribution in [0.2, 0.25) is 0 Å². The summed E-state index contributed by atoms with van der Waals surface area (Å²) in [5.41, 5.74) is 0.973. The Hall–Kier alpha value is -3.34. The monoisotopic (exact) mass is 684 g/mol. The predicted octanol–water partition coefficient (Wildman–Crippen LogP) is 4.43. The van der Waals surface area contributed by atoms with Gasteiger partial charge in [0.05, 0.1) is 35.7 Å². The molecule has 0 aliphatic heterocycles. The minimum absolute atomic E-state index is 0.139. The van der Waals surface area contributed by atoms with E-state index in [1.807, 2.05) is 0 Å². The number of esters is 4. The molecule has 0 bridgehead atoms. The average Bonchev–Trinajstić information content (AvgIpc) is 3.01. The Kier molecular flexibility index (Phi) is 16.6. The third-order valence-corrected chi connectivity index (χ3v) is 7.64. The predicted molar refractivity (Wildman–Crippen MR) is 173 cm³/mol. The SMILES string of the molecule is CCOC(=S)SC(C)C(=O)OCCOC(=O)c1ccnc(-c2cc(C(=O)OCCOC(=O)C(C)SC(=S)OCC)ccn2)c1. The lowest BCUT2D eigenvalue weighted by Gasteiger charge is -2.12. The van der Waals surface area contributed by atoms with E-state index in [9.17, 15) is 19.2 Å². The largest absolute Gasteiger partial charge is 0.479 e. The van der Waals surface area contributed by atoms with Crippen molar-refractivity contribution in [2.45, 2.75) is 38.2 Å². The molecule has 2 aromatic rings. The quantitative estimate of drug-likeness (QED) is 0.113. The molecule has 238 valence electrons. The van der Waals surface area contributed by atoms with Crippen LogP contribution in [0.25, 0.3) is 11.4 Å². The maximum Gasteiger partial charge on any atom is 0.338 e. The number of hydrogen-bond donors (Lipinski definition) is 0. The van der Waals surface area contributed by atoms with Gasteiger partial charge in [0.2, 0.25) is 8.77 Å². The van der Waals surface area contributed by atoms with Gasteiger partial charge in [-0.1, -0.05) is 23.5 Å². The molecule has 0 spiro atoms. The van der Waals surface area contributed by atoms with Crippen LogP contribution in [0, 0.1) is 0 Å². The number of thiocarbonyl (C=S) groups is 2. The highest BCUT2D eigenvalue weighted by Crippen LogP contribution is 2.19. The molecule has 0 radical (unpaired) electrons. The third-order valence-electron chi connectivity index (χ3n) is 5.11. The lowest BCUT2D eigenvalue weighted by atomic mass is 10.1. The Morgan fingerprint density at radius 1 is 0.659 bits per heavy atom. The second kappa shape index (κ2) is 19.8. The molecule has 2 atom stereocenters. The number of nitrogens with zero attached hydrogens (tertiary/aromatic N) is 2. The van der Waals surface area contributed by atoms with Crippen molar-refractivity contribution in [3.63, 3.8) is 0 Å². The highest BCUT2D eigenvalue weighted by molar-refractivity contribution is 8.23. The van der Waals surface area contributed by atoms with Gasteiger partial charge in [-0.3, -0.25) is 19.6 Å². The fraction of sp³-hybridized carbons (Fsp3) is 0.429. The number of hydrogen-bond acceptors (Lipinski definition) is 16. The topological polar surface area (TPSA) is 149 Å². The van der Waals surface area contributed by atoms with Crippen molar-refractivity contribution in [2.75, 3.05) is 39.6 Å². The maximum absolute atomic E-state index is 12.5. The summed E-state index contributed by atoms with van der Waals surface area (Å²) in [6.45, 7) is 7.04. The Morgan fingerprint density at radius 3 is 1.39 bits per heavy atom. The van der Waals surface area contributed by atoms with E-state index in [1.165, 1.54) is 36.7 Å². The number of carbonyl (C=O) groups is 4. The highest BCUT2D eigenvalue weighted by atomic mass is 32.2. The fourth-order valence-electron chi connectivity index (χ4n) is 3.04. The molecule has 0 aromatic carbocycles. The van der Waals surface area contributed by atoms with Gasteiger partial charge < -0.3 is 28.4 Å². The Balaban J connectivity index is 1.84. The Morgan fingerprint density at radius 2 is 1.02 bits per heavy atom. The number of rotatable bonds is 15. The molecule has 0 aliphatic rings. The van der Waals surface area contributed by atoms with Crippen molar-refractivity contribution in [1.29, 1.82) is 0 Å². The van der Waals surface area contributed by atoms with Crippen molar-refractivity contribution in [3.8, 4) is 11.4 Å². The van der Waals surface area contributed by atoms with Crippen LogP contribution in [0.1, 0.15) is 48.4 Å². The van der Waals surface area contributed by atoms with E-state index in [-0.39, 0.29) is 46.3 Å². The smallest absolute Gasteiger partial charge is 0.338 e. The van der Waals surface area contributed by atoms with Crippen LogP contribution in [-0.2, 0) is 38.0 Å². The highest BCUT2D eigenvalue weighted by Gasteiger charge is 2.20. The number of pyridine rings is 2. The van der Waals surface area contributed by atoms with E-state index in [0.29, 0.717) is 24.6 Å². The zero-order valence-corrected chi connectivity index (χ0v) is 27.7. The summed E-state index contributed by atoms with van der Waals surface area (Å²) in [6.07, 6.45) is 2.79. The molecule has 0 saturated carbocycles. The summed E-state index contributed by atoms with van der Waals surface area (Å²) in [6, 6.07) is 5.81. The first-order valence-electron chi connectivity index (χ1n) is 13.3. The van der Waals surface area contributed by atoms with Crippen LogP contribution in [0.3, 0.4) is 0 Å². The second-order valence-electron chi connectivity index (χ2n) is 8.35. The van der Waals surface area contributed by atoms with Gasteiger partial charge in [0, 0.05) is 12.4 Å². The molecule has 0 saturated heterocycles. The molecule has 2 aromatic heterocycles. The van der Waals surface area contributed by atoms with Crippen molar-refractivity contribution in [3.05, 3.63) is 47.8 Å².